The van der Waals surface area contributed by atoms with Gasteiger partial charge in [-0.25, -0.2) is 0 Å². The second-order valence-corrected chi connectivity index (χ2v) is 4.17. The fourth-order valence-corrected chi connectivity index (χ4v) is 1.98. The molecule has 2 aromatic rings. The molecule has 6 heteroatoms. The van der Waals surface area contributed by atoms with Crippen LogP contribution in [-0.2, 0) is 13.5 Å². The Kier molecular flexibility index (Phi) is 2.97. The summed E-state index contributed by atoms with van der Waals surface area (Å²) in [5, 5.41) is 21.8. The van der Waals surface area contributed by atoms with Gasteiger partial charge in [0, 0.05) is 12.0 Å². The van der Waals surface area contributed by atoms with E-state index < -0.39 is 6.10 Å². The number of tetrazole rings is 1. The van der Waals surface area contributed by atoms with Gasteiger partial charge in [-0.2, -0.15) is 4.80 Å². The molecule has 2 heterocycles. The van der Waals surface area contributed by atoms with Gasteiger partial charge in [-0.3, -0.25) is 0 Å². The first-order chi connectivity index (χ1) is 7.99. The molecule has 0 saturated carbocycles. The van der Waals surface area contributed by atoms with Crippen molar-refractivity contribution in [3.05, 3.63) is 28.5 Å². The fraction of sp³-hybridized carbons (Fsp3) is 0.545. The van der Waals surface area contributed by atoms with Gasteiger partial charge < -0.3 is 9.52 Å². The highest BCUT2D eigenvalue weighted by atomic mass is 16.3. The smallest absolute Gasteiger partial charge is 0.177 e. The van der Waals surface area contributed by atoms with Gasteiger partial charge in [-0.15, -0.1) is 10.2 Å². The number of rotatable bonds is 3. The van der Waals surface area contributed by atoms with Crippen LogP contribution in [0.4, 0.5) is 0 Å². The van der Waals surface area contributed by atoms with E-state index in [4.69, 9.17) is 4.42 Å². The molecule has 0 amide bonds. The minimum atomic E-state index is -0.656. The summed E-state index contributed by atoms with van der Waals surface area (Å²) in [7, 11) is 1.70. The predicted octanol–water partition coefficient (Wildman–Crippen LogP) is 1.00. The molecule has 0 fully saturated rings. The first-order valence-electron chi connectivity index (χ1n) is 5.46. The highest BCUT2D eigenvalue weighted by Gasteiger charge is 2.20. The fourth-order valence-electron chi connectivity index (χ4n) is 1.98. The molecule has 0 bridgehead atoms. The number of nitrogens with zero attached hydrogens (tertiary/aromatic N) is 4. The van der Waals surface area contributed by atoms with Crippen molar-refractivity contribution in [3.63, 3.8) is 0 Å². The van der Waals surface area contributed by atoms with Crippen molar-refractivity contribution in [2.24, 2.45) is 7.05 Å². The van der Waals surface area contributed by atoms with Crippen molar-refractivity contribution in [1.82, 2.24) is 20.2 Å². The molecular weight excluding hydrogens is 220 g/mol. The van der Waals surface area contributed by atoms with Crippen LogP contribution in [0.2, 0.25) is 0 Å². The molecule has 0 saturated heterocycles. The van der Waals surface area contributed by atoms with E-state index in [1.807, 2.05) is 20.8 Å². The minimum absolute atomic E-state index is 0.342. The Morgan fingerprint density at radius 3 is 2.47 bits per heavy atom. The Morgan fingerprint density at radius 1 is 1.29 bits per heavy atom. The SMILES string of the molecule is Cc1oc(C)c(C(O)Cc2nnn(C)n2)c1C. The number of aryl methyl sites for hydroxylation is 3. The lowest BCUT2D eigenvalue weighted by Gasteiger charge is -2.08. The van der Waals surface area contributed by atoms with E-state index in [0.717, 1.165) is 22.6 Å². The zero-order valence-electron chi connectivity index (χ0n) is 10.4. The van der Waals surface area contributed by atoms with Crippen molar-refractivity contribution in [2.45, 2.75) is 33.3 Å². The van der Waals surface area contributed by atoms with E-state index in [2.05, 4.69) is 15.4 Å². The van der Waals surface area contributed by atoms with Crippen molar-refractivity contribution in [2.75, 3.05) is 0 Å². The molecule has 0 aliphatic heterocycles. The predicted molar refractivity (Wildman–Crippen MR) is 60.4 cm³/mol. The number of aliphatic hydroxyl groups excluding tert-OH is 1. The standard InChI is InChI=1S/C11H16N4O2/c1-6-7(2)17-8(3)11(6)9(16)5-10-12-14-15(4)13-10/h9,16H,5H2,1-4H3. The molecular formula is C11H16N4O2. The van der Waals surface area contributed by atoms with E-state index in [0.29, 0.717) is 12.2 Å². The number of furan rings is 1. The molecule has 0 aromatic carbocycles. The molecule has 2 aromatic heterocycles. The van der Waals surface area contributed by atoms with Crippen molar-refractivity contribution >= 4 is 0 Å². The summed E-state index contributed by atoms with van der Waals surface area (Å²) < 4.78 is 5.49. The second-order valence-electron chi connectivity index (χ2n) is 4.17. The molecule has 0 aliphatic carbocycles. The van der Waals surface area contributed by atoms with Gasteiger partial charge >= 0.3 is 0 Å². The highest BCUT2D eigenvalue weighted by molar-refractivity contribution is 5.33. The van der Waals surface area contributed by atoms with Crippen LogP contribution in [0.1, 0.15) is 34.6 Å². The minimum Gasteiger partial charge on any atom is -0.466 e. The molecule has 1 atom stereocenters. The molecule has 1 N–H and O–H groups in total. The number of hydrogen-bond donors (Lipinski definition) is 1. The van der Waals surface area contributed by atoms with Crippen molar-refractivity contribution < 1.29 is 9.52 Å². The maximum absolute atomic E-state index is 10.2. The second kappa shape index (κ2) is 4.29. The van der Waals surface area contributed by atoms with Gasteiger partial charge in [-0.1, -0.05) is 0 Å². The Morgan fingerprint density at radius 2 is 2.00 bits per heavy atom. The summed E-state index contributed by atoms with van der Waals surface area (Å²) in [6, 6.07) is 0. The summed E-state index contributed by atoms with van der Waals surface area (Å²) in [4.78, 5) is 1.38. The van der Waals surface area contributed by atoms with Gasteiger partial charge in [-0.05, 0) is 31.5 Å². The molecule has 0 aliphatic rings. The summed E-state index contributed by atoms with van der Waals surface area (Å²) in [6.07, 6.45) is -0.314. The third-order valence-corrected chi connectivity index (χ3v) is 2.88. The summed E-state index contributed by atoms with van der Waals surface area (Å²) in [6.45, 7) is 5.68. The quantitative estimate of drug-likeness (QED) is 0.860. The molecule has 6 nitrogen and oxygen atoms in total. The Balaban J connectivity index is 2.22. The van der Waals surface area contributed by atoms with Gasteiger partial charge in [0.2, 0.25) is 0 Å². The maximum Gasteiger partial charge on any atom is 0.177 e. The molecule has 1 unspecified atom stereocenters. The molecule has 92 valence electrons. The van der Waals surface area contributed by atoms with Crippen LogP contribution in [0.5, 0.6) is 0 Å². The molecule has 0 radical (unpaired) electrons. The average molecular weight is 236 g/mol. The maximum atomic E-state index is 10.2. The monoisotopic (exact) mass is 236 g/mol. The van der Waals surface area contributed by atoms with Crippen LogP contribution in [-0.4, -0.2) is 25.3 Å². The highest BCUT2D eigenvalue weighted by Crippen LogP contribution is 2.28. The van der Waals surface area contributed by atoms with Crippen LogP contribution in [0.25, 0.3) is 0 Å². The van der Waals surface area contributed by atoms with E-state index in [1.165, 1.54) is 4.80 Å². The number of hydrogen-bond acceptors (Lipinski definition) is 5. The molecule has 17 heavy (non-hydrogen) atoms. The first kappa shape index (κ1) is 11.8. The first-order valence-corrected chi connectivity index (χ1v) is 5.46. The van der Waals surface area contributed by atoms with Crippen LogP contribution in [0, 0.1) is 20.8 Å². The van der Waals surface area contributed by atoms with Crippen LogP contribution < -0.4 is 0 Å². The normalized spacial score (nSPS) is 13.0. The lowest BCUT2D eigenvalue weighted by atomic mass is 10.0. The topological polar surface area (TPSA) is 77.0 Å². The average Bonchev–Trinajstić information content (AvgIpc) is 2.73. The Labute approximate surface area is 99.3 Å². The van der Waals surface area contributed by atoms with Gasteiger partial charge in [0.25, 0.3) is 0 Å². The Bertz CT molecular complexity index is 530. The lowest BCUT2D eigenvalue weighted by Crippen LogP contribution is -2.05. The van der Waals surface area contributed by atoms with Gasteiger partial charge in [0.1, 0.15) is 11.5 Å². The van der Waals surface area contributed by atoms with E-state index in [9.17, 15) is 5.11 Å². The lowest BCUT2D eigenvalue weighted by molar-refractivity contribution is 0.173. The number of aromatic nitrogens is 4. The van der Waals surface area contributed by atoms with Crippen molar-refractivity contribution in [3.8, 4) is 0 Å². The summed E-state index contributed by atoms with van der Waals surface area (Å²) in [5.74, 6) is 2.11. The Hall–Kier alpha value is -1.69. The zero-order valence-corrected chi connectivity index (χ0v) is 10.4. The van der Waals surface area contributed by atoms with E-state index in [-0.39, 0.29) is 0 Å². The van der Waals surface area contributed by atoms with E-state index in [1.54, 1.807) is 7.05 Å². The van der Waals surface area contributed by atoms with Gasteiger partial charge in [0.15, 0.2) is 5.82 Å². The summed E-state index contributed by atoms with van der Waals surface area (Å²) in [5.41, 5.74) is 1.81. The number of aliphatic hydroxyl groups is 1. The van der Waals surface area contributed by atoms with E-state index >= 15 is 0 Å². The van der Waals surface area contributed by atoms with Crippen LogP contribution >= 0.6 is 0 Å². The third kappa shape index (κ3) is 2.21. The van der Waals surface area contributed by atoms with Gasteiger partial charge in [0.05, 0.1) is 13.2 Å². The largest absolute Gasteiger partial charge is 0.466 e. The third-order valence-electron chi connectivity index (χ3n) is 2.88. The van der Waals surface area contributed by atoms with Crippen LogP contribution in [0.15, 0.2) is 4.42 Å². The van der Waals surface area contributed by atoms with Crippen LogP contribution in [0.3, 0.4) is 0 Å². The summed E-state index contributed by atoms with van der Waals surface area (Å²) >= 11 is 0. The molecule has 0 spiro atoms. The molecule has 2 rings (SSSR count). The van der Waals surface area contributed by atoms with Crippen molar-refractivity contribution in [1.29, 1.82) is 0 Å². The zero-order chi connectivity index (χ0) is 12.6.